The predicted molar refractivity (Wildman–Crippen MR) is 107 cm³/mol. The van der Waals surface area contributed by atoms with Crippen LogP contribution in [0.4, 0.5) is 5.69 Å². The van der Waals surface area contributed by atoms with E-state index in [1.165, 1.54) is 0 Å². The Kier molecular flexibility index (Phi) is 7.08. The highest BCUT2D eigenvalue weighted by atomic mass is 16.7. The first kappa shape index (κ1) is 21.8. The molecule has 5 atom stereocenters. The second kappa shape index (κ2) is 9.74. The summed E-state index contributed by atoms with van der Waals surface area (Å²) in [5.41, 5.74) is 9.64. The van der Waals surface area contributed by atoms with Gasteiger partial charge in [-0.2, -0.15) is 5.11 Å². The lowest BCUT2D eigenvalue weighted by atomic mass is 9.99. The van der Waals surface area contributed by atoms with Crippen LogP contribution in [0.5, 0.6) is 5.75 Å². The Hall–Kier alpha value is -2.89. The number of nitrogens with zero attached hydrogens (tertiary/aromatic N) is 2. The van der Waals surface area contributed by atoms with Crippen molar-refractivity contribution in [3.63, 3.8) is 0 Å². The lowest BCUT2D eigenvalue weighted by Crippen LogP contribution is -2.60. The van der Waals surface area contributed by atoms with Crippen LogP contribution < -0.4 is 10.1 Å². The lowest BCUT2D eigenvalue weighted by molar-refractivity contribution is -0.277. The van der Waals surface area contributed by atoms with Gasteiger partial charge in [-0.05, 0) is 42.8 Å². The van der Waals surface area contributed by atoms with Crippen LogP contribution in [0.15, 0.2) is 53.9 Å². The number of pyridine rings is 1. The van der Waals surface area contributed by atoms with E-state index in [4.69, 9.17) is 15.0 Å². The minimum absolute atomic E-state index is 0.356. The van der Waals surface area contributed by atoms with Gasteiger partial charge in [-0.1, -0.05) is 6.07 Å². The summed E-state index contributed by atoms with van der Waals surface area (Å²) < 4.78 is 11.0. The van der Waals surface area contributed by atoms with Gasteiger partial charge < -0.3 is 35.2 Å². The molecule has 1 aromatic heterocycles. The molecule has 0 amide bonds. The van der Waals surface area contributed by atoms with Gasteiger partial charge in [0.15, 0.2) is 0 Å². The molecule has 1 aromatic carbocycles. The van der Waals surface area contributed by atoms with Gasteiger partial charge in [-0.25, -0.2) is 5.53 Å². The molecular weight excluding hydrogens is 392 g/mol. The van der Waals surface area contributed by atoms with Crippen LogP contribution in [0.2, 0.25) is 0 Å². The molecule has 10 heteroatoms. The molecule has 0 spiro atoms. The normalized spacial score (nSPS) is 26.8. The van der Waals surface area contributed by atoms with Gasteiger partial charge in [0, 0.05) is 18.1 Å². The monoisotopic (exact) mass is 416 g/mol. The number of aliphatic hydroxyl groups is 4. The van der Waals surface area contributed by atoms with Crippen LogP contribution >= 0.6 is 0 Å². The van der Waals surface area contributed by atoms with Crippen molar-refractivity contribution >= 4 is 11.4 Å². The number of ether oxygens (including phenoxy) is 2. The minimum Gasteiger partial charge on any atom is -0.462 e. The summed E-state index contributed by atoms with van der Waals surface area (Å²) in [5.74, 6) is 0.393. The SMILES string of the molecule is Cc1cc(N/C=C(\N=N)c2ccccn2)ccc1OC1OC(CO)C(O)C(O)C1O. The van der Waals surface area contributed by atoms with Gasteiger partial charge in [0.1, 0.15) is 35.9 Å². The summed E-state index contributed by atoms with van der Waals surface area (Å²) in [4.78, 5) is 4.15. The van der Waals surface area contributed by atoms with E-state index in [0.717, 1.165) is 0 Å². The van der Waals surface area contributed by atoms with Crippen molar-refractivity contribution in [1.82, 2.24) is 4.98 Å². The first-order chi connectivity index (χ1) is 14.4. The number of nitrogens with one attached hydrogen (secondary N) is 2. The number of hydrogen-bond donors (Lipinski definition) is 6. The van der Waals surface area contributed by atoms with Crippen LogP contribution in [-0.2, 0) is 4.74 Å². The summed E-state index contributed by atoms with van der Waals surface area (Å²) in [6.07, 6.45) is -3.56. The lowest BCUT2D eigenvalue weighted by Gasteiger charge is -2.39. The van der Waals surface area contributed by atoms with Gasteiger partial charge in [0.2, 0.25) is 6.29 Å². The van der Waals surface area contributed by atoms with Crippen LogP contribution in [0.3, 0.4) is 0 Å². The molecule has 0 aliphatic carbocycles. The largest absolute Gasteiger partial charge is 0.462 e. The molecule has 1 saturated heterocycles. The molecule has 0 radical (unpaired) electrons. The van der Waals surface area contributed by atoms with Crippen LogP contribution in [0.1, 0.15) is 11.3 Å². The smallest absolute Gasteiger partial charge is 0.229 e. The zero-order valence-electron chi connectivity index (χ0n) is 16.2. The van der Waals surface area contributed by atoms with E-state index in [1.807, 2.05) is 0 Å². The molecule has 160 valence electrons. The average molecular weight is 416 g/mol. The van der Waals surface area contributed by atoms with E-state index in [0.29, 0.717) is 28.4 Å². The number of aryl methyl sites for hydroxylation is 1. The van der Waals surface area contributed by atoms with Crippen LogP contribution in [-0.4, -0.2) is 62.7 Å². The fourth-order valence-corrected chi connectivity index (χ4v) is 2.99. The molecule has 6 N–H and O–H groups in total. The fraction of sp³-hybridized carbons (Fsp3) is 0.350. The Morgan fingerprint density at radius 3 is 2.67 bits per heavy atom. The summed E-state index contributed by atoms with van der Waals surface area (Å²) in [7, 11) is 0. The molecule has 1 aliphatic heterocycles. The average Bonchev–Trinajstić information content (AvgIpc) is 2.76. The van der Waals surface area contributed by atoms with Gasteiger partial charge in [0.05, 0.1) is 12.3 Å². The van der Waals surface area contributed by atoms with E-state index < -0.39 is 37.3 Å². The van der Waals surface area contributed by atoms with Crippen molar-refractivity contribution in [1.29, 1.82) is 5.53 Å². The van der Waals surface area contributed by atoms with Crippen molar-refractivity contribution in [3.8, 4) is 5.75 Å². The Labute approximate surface area is 172 Å². The predicted octanol–water partition coefficient (Wildman–Crippen LogP) is 1.01. The van der Waals surface area contributed by atoms with Gasteiger partial charge in [-0.15, -0.1) is 0 Å². The Morgan fingerprint density at radius 1 is 1.23 bits per heavy atom. The summed E-state index contributed by atoms with van der Waals surface area (Å²) in [6.45, 7) is 1.25. The van der Waals surface area contributed by atoms with E-state index >= 15 is 0 Å². The first-order valence-corrected chi connectivity index (χ1v) is 9.28. The zero-order valence-corrected chi connectivity index (χ0v) is 16.2. The number of benzene rings is 1. The van der Waals surface area contributed by atoms with Crippen molar-refractivity contribution < 1.29 is 29.9 Å². The molecule has 10 nitrogen and oxygen atoms in total. The fourth-order valence-electron chi connectivity index (χ4n) is 2.99. The third-order valence-corrected chi connectivity index (χ3v) is 4.69. The number of aliphatic hydroxyl groups excluding tert-OH is 4. The number of anilines is 1. The molecule has 2 aromatic rings. The molecule has 3 rings (SSSR count). The second-order valence-electron chi connectivity index (χ2n) is 6.80. The van der Waals surface area contributed by atoms with E-state index in [1.54, 1.807) is 55.7 Å². The van der Waals surface area contributed by atoms with Crippen molar-refractivity contribution in [2.45, 2.75) is 37.6 Å². The van der Waals surface area contributed by atoms with Crippen LogP contribution in [0.25, 0.3) is 5.70 Å². The van der Waals surface area contributed by atoms with Crippen molar-refractivity contribution in [2.24, 2.45) is 5.11 Å². The maximum absolute atomic E-state index is 10.1. The summed E-state index contributed by atoms with van der Waals surface area (Å²) in [6, 6.07) is 10.4. The minimum atomic E-state index is -1.51. The summed E-state index contributed by atoms with van der Waals surface area (Å²) in [5, 5.41) is 45.6. The Balaban J connectivity index is 1.71. The standard InChI is InChI=1S/C20H24N4O6/c1-11-8-12(23-9-14(24-21)13-4-2-3-7-22-13)5-6-15(11)29-20-19(28)18(27)17(26)16(10-25)30-20/h2-9,16-21,23,25-28H,10H2,1H3/b14-9-,24-21?. The Morgan fingerprint density at radius 2 is 2.03 bits per heavy atom. The van der Waals surface area contributed by atoms with Crippen molar-refractivity contribution in [3.05, 3.63) is 60.1 Å². The highest BCUT2D eigenvalue weighted by Crippen LogP contribution is 2.28. The second-order valence-corrected chi connectivity index (χ2v) is 6.80. The highest BCUT2D eigenvalue weighted by molar-refractivity contribution is 5.64. The van der Waals surface area contributed by atoms with Crippen molar-refractivity contribution in [2.75, 3.05) is 11.9 Å². The molecule has 30 heavy (non-hydrogen) atoms. The maximum atomic E-state index is 10.1. The van der Waals surface area contributed by atoms with Gasteiger partial charge in [-0.3, -0.25) is 4.98 Å². The zero-order chi connectivity index (χ0) is 21.7. The molecule has 0 bridgehead atoms. The van der Waals surface area contributed by atoms with E-state index in [-0.39, 0.29) is 0 Å². The van der Waals surface area contributed by atoms with Gasteiger partial charge in [0.25, 0.3) is 0 Å². The molecule has 0 saturated carbocycles. The third-order valence-electron chi connectivity index (χ3n) is 4.69. The molecule has 5 unspecified atom stereocenters. The third kappa shape index (κ3) is 4.81. The quantitative estimate of drug-likeness (QED) is 0.365. The highest BCUT2D eigenvalue weighted by Gasteiger charge is 2.44. The molecular formula is C20H24N4O6. The molecule has 2 heterocycles. The summed E-state index contributed by atoms with van der Waals surface area (Å²) >= 11 is 0. The first-order valence-electron chi connectivity index (χ1n) is 9.28. The van der Waals surface area contributed by atoms with E-state index in [2.05, 4.69) is 15.4 Å². The topological polar surface area (TPSA) is 161 Å². The van der Waals surface area contributed by atoms with Gasteiger partial charge >= 0.3 is 0 Å². The number of rotatable bonds is 7. The maximum Gasteiger partial charge on any atom is 0.229 e. The van der Waals surface area contributed by atoms with Crippen LogP contribution in [0, 0.1) is 12.5 Å². The molecule has 1 aliphatic rings. The van der Waals surface area contributed by atoms with E-state index in [9.17, 15) is 20.4 Å². The Bertz CT molecular complexity index is 892. The number of aromatic nitrogens is 1. The molecule has 1 fully saturated rings. The number of hydrogen-bond acceptors (Lipinski definition) is 10.